The lowest BCUT2D eigenvalue weighted by Gasteiger charge is -2.37. The molecule has 0 heterocycles. The fourth-order valence-electron chi connectivity index (χ4n) is 3.80. The number of hydrogen-bond donors (Lipinski definition) is 3. The van der Waals surface area contributed by atoms with Crippen molar-refractivity contribution in [1.82, 2.24) is 5.32 Å². The minimum Gasteiger partial charge on any atom is -0.508 e. The summed E-state index contributed by atoms with van der Waals surface area (Å²) in [6, 6.07) is 6.02. The van der Waals surface area contributed by atoms with Crippen molar-refractivity contribution < 1.29 is 10.2 Å². The van der Waals surface area contributed by atoms with Crippen molar-refractivity contribution in [2.24, 2.45) is 5.92 Å². The zero-order valence-electron chi connectivity index (χ0n) is 12.9. The maximum atomic E-state index is 10.7. The summed E-state index contributed by atoms with van der Waals surface area (Å²) in [5, 5.41) is 23.9. The van der Waals surface area contributed by atoms with Crippen molar-refractivity contribution in [3.05, 3.63) is 29.3 Å². The molecule has 21 heavy (non-hydrogen) atoms. The van der Waals surface area contributed by atoms with Gasteiger partial charge in [0.05, 0.1) is 5.60 Å². The molecule has 0 amide bonds. The number of benzene rings is 1. The number of aliphatic hydroxyl groups is 1. The number of fused-ring (bicyclic) bond motifs is 1. The highest BCUT2D eigenvalue weighted by Gasteiger charge is 2.32. The van der Waals surface area contributed by atoms with E-state index >= 15 is 0 Å². The minimum atomic E-state index is -0.527. The normalized spacial score (nSPS) is 32.7. The van der Waals surface area contributed by atoms with Gasteiger partial charge in [0.2, 0.25) is 0 Å². The van der Waals surface area contributed by atoms with E-state index < -0.39 is 5.60 Å². The van der Waals surface area contributed by atoms with Crippen molar-refractivity contribution in [3.8, 4) is 5.75 Å². The van der Waals surface area contributed by atoms with Crippen molar-refractivity contribution >= 4 is 0 Å². The van der Waals surface area contributed by atoms with Gasteiger partial charge >= 0.3 is 0 Å². The topological polar surface area (TPSA) is 52.5 Å². The van der Waals surface area contributed by atoms with Gasteiger partial charge in [0, 0.05) is 12.6 Å². The quantitative estimate of drug-likeness (QED) is 0.800. The van der Waals surface area contributed by atoms with Crippen LogP contribution in [0, 0.1) is 5.92 Å². The highest BCUT2D eigenvalue weighted by Crippen LogP contribution is 2.34. The molecule has 0 aliphatic heterocycles. The molecule has 1 saturated carbocycles. The second-order valence-electron chi connectivity index (χ2n) is 7.12. The smallest absolute Gasteiger partial charge is 0.115 e. The maximum absolute atomic E-state index is 10.7. The summed E-state index contributed by atoms with van der Waals surface area (Å²) in [7, 11) is 0. The Morgan fingerprint density at radius 3 is 2.76 bits per heavy atom. The van der Waals surface area contributed by atoms with E-state index in [0.717, 1.165) is 50.9 Å². The number of nitrogens with one attached hydrogen (secondary N) is 1. The lowest BCUT2D eigenvalue weighted by atomic mass is 9.79. The van der Waals surface area contributed by atoms with Crippen LogP contribution in [0.25, 0.3) is 0 Å². The Labute approximate surface area is 127 Å². The zero-order chi connectivity index (χ0) is 14.9. The third-order valence-corrected chi connectivity index (χ3v) is 5.32. The largest absolute Gasteiger partial charge is 0.508 e. The van der Waals surface area contributed by atoms with Gasteiger partial charge in [-0.15, -0.1) is 0 Å². The third-order valence-electron chi connectivity index (χ3n) is 5.32. The predicted molar refractivity (Wildman–Crippen MR) is 84.4 cm³/mol. The molecule has 0 saturated heterocycles. The van der Waals surface area contributed by atoms with E-state index in [-0.39, 0.29) is 0 Å². The van der Waals surface area contributed by atoms with Gasteiger partial charge in [0.25, 0.3) is 0 Å². The maximum Gasteiger partial charge on any atom is 0.115 e. The molecule has 2 aliphatic rings. The first-order valence-corrected chi connectivity index (χ1v) is 8.33. The van der Waals surface area contributed by atoms with Crippen LogP contribution in [0.2, 0.25) is 0 Å². The van der Waals surface area contributed by atoms with E-state index in [1.165, 1.54) is 11.1 Å². The van der Waals surface area contributed by atoms with Crippen LogP contribution < -0.4 is 5.32 Å². The molecule has 0 spiro atoms. The molecule has 3 N–H and O–H groups in total. The van der Waals surface area contributed by atoms with Crippen LogP contribution in [-0.2, 0) is 6.42 Å². The van der Waals surface area contributed by atoms with Gasteiger partial charge < -0.3 is 15.5 Å². The molecule has 1 fully saturated rings. The summed E-state index contributed by atoms with van der Waals surface area (Å²) < 4.78 is 0. The molecule has 1 atom stereocenters. The molecule has 2 aliphatic carbocycles. The monoisotopic (exact) mass is 289 g/mol. The van der Waals surface area contributed by atoms with Gasteiger partial charge in [-0.25, -0.2) is 0 Å². The van der Waals surface area contributed by atoms with Gasteiger partial charge in [0.15, 0.2) is 0 Å². The Balaban J connectivity index is 1.64. The number of aromatic hydroxyl groups is 1. The number of rotatable bonds is 3. The van der Waals surface area contributed by atoms with E-state index in [1.54, 1.807) is 6.07 Å². The number of aryl methyl sites for hydroxylation is 1. The van der Waals surface area contributed by atoms with Gasteiger partial charge in [-0.2, -0.15) is 0 Å². The Bertz CT molecular complexity index is 492. The molecule has 1 unspecified atom stereocenters. The van der Waals surface area contributed by atoms with Crippen molar-refractivity contribution in [3.63, 3.8) is 0 Å². The van der Waals surface area contributed by atoms with Gasteiger partial charge in [-0.1, -0.05) is 13.0 Å². The van der Waals surface area contributed by atoms with Crippen molar-refractivity contribution in [1.29, 1.82) is 0 Å². The lowest BCUT2D eigenvalue weighted by molar-refractivity contribution is -0.00860. The summed E-state index contributed by atoms with van der Waals surface area (Å²) in [5.41, 5.74) is 2.02. The fourth-order valence-corrected chi connectivity index (χ4v) is 3.80. The summed E-state index contributed by atoms with van der Waals surface area (Å²) >= 11 is 0. The van der Waals surface area contributed by atoms with Crippen LogP contribution in [0.3, 0.4) is 0 Å². The second kappa shape index (κ2) is 5.98. The van der Waals surface area contributed by atoms with Crippen molar-refractivity contribution in [2.45, 2.75) is 63.5 Å². The van der Waals surface area contributed by atoms with Crippen LogP contribution in [0.1, 0.15) is 62.6 Å². The summed E-state index contributed by atoms with van der Waals surface area (Å²) in [4.78, 5) is 0. The average Bonchev–Trinajstić information content (AvgIpc) is 2.48. The summed E-state index contributed by atoms with van der Waals surface area (Å²) in [6.45, 7) is 2.96. The second-order valence-corrected chi connectivity index (χ2v) is 7.12. The first kappa shape index (κ1) is 14.9. The zero-order valence-corrected chi connectivity index (χ0v) is 12.9. The van der Waals surface area contributed by atoms with E-state index in [2.05, 4.69) is 12.2 Å². The molecule has 1 aromatic carbocycles. The molecule has 3 rings (SSSR count). The van der Waals surface area contributed by atoms with E-state index in [4.69, 9.17) is 0 Å². The van der Waals surface area contributed by atoms with Crippen LogP contribution in [-0.4, -0.2) is 22.4 Å². The molecule has 0 bridgehead atoms. The Morgan fingerprint density at radius 1 is 1.24 bits per heavy atom. The lowest BCUT2D eigenvalue weighted by Crippen LogP contribution is -2.44. The Hall–Kier alpha value is -1.06. The number of hydrogen-bond acceptors (Lipinski definition) is 3. The molecular weight excluding hydrogens is 262 g/mol. The van der Waals surface area contributed by atoms with E-state index in [0.29, 0.717) is 18.3 Å². The molecule has 3 nitrogen and oxygen atoms in total. The summed E-state index contributed by atoms with van der Waals surface area (Å²) in [6.07, 6.45) is 7.39. The highest BCUT2D eigenvalue weighted by molar-refractivity contribution is 5.38. The minimum absolute atomic E-state index is 0.317. The number of phenols is 1. The standard InChI is InChI=1S/C18H27NO2/c1-13-7-9-18(21,10-8-13)12-19-17-4-2-3-14-11-15(20)5-6-16(14)17/h5-6,11,13,17,19-21H,2-4,7-10,12H2,1H3. The Kier molecular flexibility index (Phi) is 4.23. The summed E-state index contributed by atoms with van der Waals surface area (Å²) in [5.74, 6) is 1.11. The SMILES string of the molecule is CC1CCC(O)(CNC2CCCc3cc(O)ccc32)CC1. The molecule has 0 aromatic heterocycles. The van der Waals surface area contributed by atoms with Crippen LogP contribution in [0.4, 0.5) is 0 Å². The third kappa shape index (κ3) is 3.41. The van der Waals surface area contributed by atoms with E-state index in [9.17, 15) is 10.2 Å². The van der Waals surface area contributed by atoms with Crippen LogP contribution >= 0.6 is 0 Å². The highest BCUT2D eigenvalue weighted by atomic mass is 16.3. The Morgan fingerprint density at radius 2 is 2.00 bits per heavy atom. The molecule has 0 radical (unpaired) electrons. The van der Waals surface area contributed by atoms with Gasteiger partial charge in [-0.05, 0) is 74.1 Å². The first-order valence-electron chi connectivity index (χ1n) is 8.33. The van der Waals surface area contributed by atoms with Gasteiger partial charge in [-0.3, -0.25) is 0 Å². The molecule has 116 valence electrons. The fraction of sp³-hybridized carbons (Fsp3) is 0.667. The van der Waals surface area contributed by atoms with E-state index in [1.807, 2.05) is 12.1 Å². The molecule has 1 aromatic rings. The molecule has 3 heteroatoms. The molecular formula is C18H27NO2. The number of phenolic OH excluding ortho intramolecular Hbond substituents is 1. The first-order chi connectivity index (χ1) is 10.1. The predicted octanol–water partition coefficient (Wildman–Crippen LogP) is 3.30. The van der Waals surface area contributed by atoms with Crippen LogP contribution in [0.15, 0.2) is 18.2 Å². The van der Waals surface area contributed by atoms with Gasteiger partial charge in [0.1, 0.15) is 5.75 Å². The van der Waals surface area contributed by atoms with Crippen molar-refractivity contribution in [2.75, 3.05) is 6.54 Å². The average molecular weight is 289 g/mol. The van der Waals surface area contributed by atoms with Crippen LogP contribution in [0.5, 0.6) is 5.75 Å².